The van der Waals surface area contributed by atoms with Crippen LogP contribution in [0.5, 0.6) is 0 Å². The lowest BCUT2D eigenvalue weighted by Gasteiger charge is -2.40. The maximum absolute atomic E-state index is 14.1. The van der Waals surface area contributed by atoms with Gasteiger partial charge in [0, 0.05) is 57.7 Å². The van der Waals surface area contributed by atoms with Crippen LogP contribution < -0.4 is 5.32 Å². The summed E-state index contributed by atoms with van der Waals surface area (Å²) in [6, 6.07) is 6.38. The molecule has 2 N–H and O–H groups in total. The number of aliphatic hydroxyl groups is 1. The first-order chi connectivity index (χ1) is 27.2. The van der Waals surface area contributed by atoms with E-state index >= 15 is 0 Å². The number of aromatic nitrogens is 5. The van der Waals surface area contributed by atoms with E-state index in [1.807, 2.05) is 0 Å². The number of likely N-dealkylation sites (tertiary alicyclic amines) is 1. The summed E-state index contributed by atoms with van der Waals surface area (Å²) in [5, 5.41) is 27.9. The van der Waals surface area contributed by atoms with Crippen molar-refractivity contribution in [3.8, 4) is 17.1 Å². The van der Waals surface area contributed by atoms with Crippen LogP contribution in [0.1, 0.15) is 53.9 Å². The number of rotatable bonds is 7. The van der Waals surface area contributed by atoms with Gasteiger partial charge in [0.15, 0.2) is 17.3 Å². The first kappa shape index (κ1) is 41.5. The van der Waals surface area contributed by atoms with Crippen molar-refractivity contribution in [3.63, 3.8) is 0 Å². The molecule has 0 aliphatic carbocycles. The van der Waals surface area contributed by atoms with E-state index in [2.05, 4.69) is 20.4 Å². The van der Waals surface area contributed by atoms with Crippen LogP contribution in [0.3, 0.4) is 0 Å². The number of carbonyl (C=O) groups is 4. The Morgan fingerprint density at radius 2 is 1.67 bits per heavy atom. The minimum absolute atomic E-state index is 0.00351. The van der Waals surface area contributed by atoms with Crippen molar-refractivity contribution in [1.82, 2.24) is 39.0 Å². The van der Waals surface area contributed by atoms with Gasteiger partial charge in [-0.25, -0.2) is 19.4 Å². The number of hydrogen-bond acceptors (Lipinski definition) is 11. The summed E-state index contributed by atoms with van der Waals surface area (Å²) in [5.74, 6) is -2.59. The van der Waals surface area contributed by atoms with Crippen LogP contribution >= 0.6 is 11.6 Å². The van der Waals surface area contributed by atoms with Crippen LogP contribution in [0.25, 0.3) is 17.1 Å². The van der Waals surface area contributed by atoms with Gasteiger partial charge in [0.2, 0.25) is 5.91 Å². The maximum Gasteiger partial charge on any atom is 0.435 e. The van der Waals surface area contributed by atoms with Crippen molar-refractivity contribution >= 4 is 46.8 Å². The van der Waals surface area contributed by atoms with Crippen molar-refractivity contribution in [2.45, 2.75) is 45.1 Å². The lowest BCUT2D eigenvalue weighted by molar-refractivity contribution is -0.385. The molecule has 0 radical (unpaired) electrons. The zero-order valence-corrected chi connectivity index (χ0v) is 32.3. The topological polar surface area (TPSA) is 211 Å². The molecule has 18 nitrogen and oxygen atoms in total. The van der Waals surface area contributed by atoms with Gasteiger partial charge in [-0.15, -0.1) is 0 Å². The quantitative estimate of drug-likeness (QED) is 0.197. The molecule has 1 aromatic carbocycles. The van der Waals surface area contributed by atoms with Gasteiger partial charge in [-0.2, -0.15) is 18.3 Å². The number of anilines is 1. The SMILES string of the molecule is Cn1c(-c2cn(-c3ccc([N+](=O)[O-])cn3)nc2C(F)(F)F)cnc1C(=O)Nc1ccc(C(=O)N2CCN(C(=O)[C@@H]3CCN(C(=O)OC(C)(C)C)C[C@H]3O)CC2)c(Cl)c1. The summed E-state index contributed by atoms with van der Waals surface area (Å²) in [4.78, 5) is 75.1. The number of amides is 4. The predicted molar refractivity (Wildman–Crippen MR) is 199 cm³/mol. The molecule has 0 spiro atoms. The number of nitrogens with zero attached hydrogens (tertiary/aromatic N) is 9. The molecule has 2 aliphatic heterocycles. The van der Waals surface area contributed by atoms with Gasteiger partial charge in [-0.05, 0) is 51.5 Å². The van der Waals surface area contributed by atoms with E-state index in [4.69, 9.17) is 16.3 Å². The molecule has 6 rings (SSSR count). The van der Waals surface area contributed by atoms with Crippen LogP contribution in [0, 0.1) is 16.0 Å². The fourth-order valence-corrected chi connectivity index (χ4v) is 6.84. The highest BCUT2D eigenvalue weighted by Crippen LogP contribution is 2.37. The average molecular weight is 831 g/mol. The van der Waals surface area contributed by atoms with Gasteiger partial charge in [0.25, 0.3) is 17.5 Å². The molecule has 2 aliphatic rings. The van der Waals surface area contributed by atoms with E-state index in [0.717, 1.165) is 40.0 Å². The smallest absolute Gasteiger partial charge is 0.435 e. The summed E-state index contributed by atoms with van der Waals surface area (Å²) in [6.07, 6.45) is -3.34. The number of nitrogens with one attached hydrogen (secondary N) is 1. The first-order valence-electron chi connectivity index (χ1n) is 17.9. The van der Waals surface area contributed by atoms with Gasteiger partial charge in [0.05, 0.1) is 51.5 Å². The molecule has 2 fully saturated rings. The first-order valence-corrected chi connectivity index (χ1v) is 18.2. The molecule has 0 bridgehead atoms. The number of carbonyl (C=O) groups excluding carboxylic acids is 4. The molecule has 308 valence electrons. The van der Waals surface area contributed by atoms with E-state index in [1.54, 1.807) is 25.7 Å². The number of piperazine rings is 1. The molecule has 2 atom stereocenters. The Bertz CT molecular complexity index is 2250. The molecular weight excluding hydrogens is 793 g/mol. The summed E-state index contributed by atoms with van der Waals surface area (Å²) in [7, 11) is 1.33. The Labute approximate surface area is 333 Å². The van der Waals surface area contributed by atoms with Crippen molar-refractivity contribution in [1.29, 1.82) is 0 Å². The number of β-amino-alcohol motifs (C(OH)–C–C–N with tert-alkyl or cyclic N) is 1. The van der Waals surface area contributed by atoms with Crippen LogP contribution in [0.4, 0.5) is 29.3 Å². The number of alkyl halides is 3. The van der Waals surface area contributed by atoms with E-state index in [-0.39, 0.29) is 90.9 Å². The monoisotopic (exact) mass is 830 g/mol. The van der Waals surface area contributed by atoms with Gasteiger partial charge < -0.3 is 34.4 Å². The number of piperidine rings is 1. The molecule has 0 unspecified atom stereocenters. The molecular formula is C36H38ClF3N10O8. The third-order valence-corrected chi connectivity index (χ3v) is 9.83. The van der Waals surface area contributed by atoms with E-state index in [1.165, 1.54) is 35.0 Å². The minimum atomic E-state index is -4.93. The van der Waals surface area contributed by atoms with Crippen molar-refractivity contribution < 1.29 is 47.1 Å². The second-order valence-corrected chi connectivity index (χ2v) is 15.1. The fraction of sp³-hybridized carbons (Fsp3) is 0.417. The van der Waals surface area contributed by atoms with Gasteiger partial charge >= 0.3 is 12.3 Å². The molecule has 4 aromatic rings. The average Bonchev–Trinajstić information content (AvgIpc) is 3.78. The Hall–Kier alpha value is -6.09. The Balaban J connectivity index is 1.07. The number of imidazole rings is 1. The third kappa shape index (κ3) is 8.89. The molecule has 22 heteroatoms. The third-order valence-electron chi connectivity index (χ3n) is 9.51. The van der Waals surface area contributed by atoms with Gasteiger partial charge in [-0.1, -0.05) is 11.6 Å². The lowest BCUT2D eigenvalue weighted by Crippen LogP contribution is -2.56. The lowest BCUT2D eigenvalue weighted by atomic mass is 9.92. The van der Waals surface area contributed by atoms with Crippen molar-refractivity contribution in [2.75, 3.05) is 44.6 Å². The highest BCUT2D eigenvalue weighted by Gasteiger charge is 2.40. The van der Waals surface area contributed by atoms with Crippen molar-refractivity contribution in [2.24, 2.45) is 13.0 Å². The van der Waals surface area contributed by atoms with Crippen LogP contribution in [-0.4, -0.2) is 124 Å². The Morgan fingerprint density at radius 3 is 2.26 bits per heavy atom. The number of aliphatic hydroxyl groups excluding tert-OH is 1. The molecule has 0 saturated carbocycles. The highest BCUT2D eigenvalue weighted by atomic mass is 35.5. The molecule has 3 aromatic heterocycles. The number of hydrogen-bond donors (Lipinski definition) is 2. The van der Waals surface area contributed by atoms with Crippen LogP contribution in [-0.2, 0) is 22.8 Å². The van der Waals surface area contributed by atoms with E-state index in [0.29, 0.717) is 0 Å². The Morgan fingerprint density at radius 1 is 0.983 bits per heavy atom. The summed E-state index contributed by atoms with van der Waals surface area (Å²) in [5.41, 5.74) is -2.64. The Kier molecular flexibility index (Phi) is 11.5. The van der Waals surface area contributed by atoms with Crippen LogP contribution in [0.2, 0.25) is 5.02 Å². The highest BCUT2D eigenvalue weighted by molar-refractivity contribution is 6.34. The summed E-state index contributed by atoms with van der Waals surface area (Å²) in [6.45, 7) is 6.22. The zero-order valence-electron chi connectivity index (χ0n) is 31.6. The number of nitro groups is 1. The number of halogens is 4. The summed E-state index contributed by atoms with van der Waals surface area (Å²) < 4.78 is 49.6. The zero-order chi connectivity index (χ0) is 42.3. The molecule has 5 heterocycles. The van der Waals surface area contributed by atoms with Crippen LogP contribution in [0.15, 0.2) is 48.9 Å². The van der Waals surface area contributed by atoms with Gasteiger partial charge in [-0.3, -0.25) is 24.5 Å². The second-order valence-electron chi connectivity index (χ2n) is 14.6. The molecule has 58 heavy (non-hydrogen) atoms. The maximum atomic E-state index is 14.1. The fourth-order valence-electron chi connectivity index (χ4n) is 6.58. The number of ether oxygens (including phenoxy) is 1. The molecule has 2 saturated heterocycles. The normalized spacial score (nSPS) is 17.6. The minimum Gasteiger partial charge on any atom is -0.444 e. The van der Waals surface area contributed by atoms with E-state index < -0.39 is 57.9 Å². The predicted octanol–water partition coefficient (Wildman–Crippen LogP) is 4.40. The molecule has 4 amide bonds. The number of pyridine rings is 1. The standard InChI is InChI=1S/C36H38ClF3N10O8/c1-35(2,3)58-34(55)48-10-9-23(27(51)19-48)33(54)47-13-11-46(12-14-47)32(53)22-7-5-20(15-25(22)37)43-31(52)30-42-17-26(45(30)4)24-18-49(44-29(24)36(38,39)40)28-8-6-21(16-41-28)50(56)57/h5-8,15-18,23,27,51H,9-14,19H2,1-4H3,(H,43,52)/t23-,27-/m1/s1. The van der Waals surface area contributed by atoms with Crippen molar-refractivity contribution in [3.05, 3.63) is 81.1 Å². The largest absolute Gasteiger partial charge is 0.444 e. The second kappa shape index (κ2) is 16.0. The number of benzene rings is 1. The van der Waals surface area contributed by atoms with E-state index in [9.17, 15) is 47.6 Å². The summed E-state index contributed by atoms with van der Waals surface area (Å²) >= 11 is 6.49. The van der Waals surface area contributed by atoms with Gasteiger partial charge in [0.1, 0.15) is 11.8 Å².